The topological polar surface area (TPSA) is 92.2 Å². The van der Waals surface area contributed by atoms with Gasteiger partial charge in [-0.2, -0.15) is 0 Å². The Labute approximate surface area is 109 Å². The summed E-state index contributed by atoms with van der Waals surface area (Å²) in [5.74, 6) is -0.0564. The highest BCUT2D eigenvalue weighted by atomic mass is 32.2. The predicted molar refractivity (Wildman–Crippen MR) is 72.1 cm³/mol. The minimum atomic E-state index is -2.93. The summed E-state index contributed by atoms with van der Waals surface area (Å²) < 4.78 is 28.0. The zero-order valence-corrected chi connectivity index (χ0v) is 11.0. The van der Waals surface area contributed by atoms with Crippen molar-refractivity contribution < 1.29 is 12.8 Å². The maximum Gasteiger partial charge on any atom is 0.417 e. The van der Waals surface area contributed by atoms with Crippen molar-refractivity contribution in [3.05, 3.63) is 28.7 Å². The van der Waals surface area contributed by atoms with Gasteiger partial charge >= 0.3 is 5.76 Å². The lowest BCUT2D eigenvalue weighted by Gasteiger charge is -2.23. The molecule has 2 N–H and O–H groups in total. The van der Waals surface area contributed by atoms with Crippen LogP contribution < -0.4 is 11.1 Å². The van der Waals surface area contributed by atoms with Crippen LogP contribution in [0.2, 0.25) is 0 Å². The van der Waals surface area contributed by atoms with Gasteiger partial charge in [0.1, 0.15) is 0 Å². The van der Waals surface area contributed by atoms with Crippen molar-refractivity contribution in [1.82, 2.24) is 4.98 Å². The van der Waals surface area contributed by atoms with E-state index in [2.05, 4.69) is 10.3 Å². The van der Waals surface area contributed by atoms with E-state index in [0.29, 0.717) is 17.5 Å². The predicted octanol–water partition coefficient (Wildman–Crippen LogP) is 1.11. The first-order valence-electron chi connectivity index (χ1n) is 6.12. The number of hydrogen-bond donors (Lipinski definition) is 2. The van der Waals surface area contributed by atoms with Crippen LogP contribution in [0.15, 0.2) is 27.4 Å². The van der Waals surface area contributed by atoms with Crippen LogP contribution in [0, 0.1) is 0 Å². The molecule has 2 aromatic rings. The zero-order valence-electron chi connectivity index (χ0n) is 10.2. The fraction of sp³-hybridized carbons (Fsp3) is 0.417. The second-order valence-corrected chi connectivity index (χ2v) is 7.05. The number of H-pyrrole nitrogens is 1. The summed E-state index contributed by atoms with van der Waals surface area (Å²) in [7, 11) is -2.93. The van der Waals surface area contributed by atoms with E-state index in [1.54, 1.807) is 18.2 Å². The Balaban J connectivity index is 1.83. The Morgan fingerprint density at radius 3 is 3.00 bits per heavy atom. The smallest absolute Gasteiger partial charge is 0.408 e. The van der Waals surface area contributed by atoms with Gasteiger partial charge in [0.25, 0.3) is 0 Å². The van der Waals surface area contributed by atoms with E-state index in [4.69, 9.17) is 4.42 Å². The Kier molecular flexibility index (Phi) is 2.85. The highest BCUT2D eigenvalue weighted by Gasteiger charge is 2.24. The molecular formula is C12H14N2O4S. The van der Waals surface area contributed by atoms with Crippen LogP contribution >= 0.6 is 0 Å². The van der Waals surface area contributed by atoms with E-state index in [-0.39, 0.29) is 17.5 Å². The molecule has 2 heterocycles. The Morgan fingerprint density at radius 1 is 1.37 bits per heavy atom. The molecule has 0 bridgehead atoms. The molecule has 102 valence electrons. The van der Waals surface area contributed by atoms with Crippen molar-refractivity contribution in [2.45, 2.75) is 18.9 Å². The second-order valence-electron chi connectivity index (χ2n) is 4.82. The third-order valence-electron chi connectivity index (χ3n) is 3.25. The van der Waals surface area contributed by atoms with Crippen molar-refractivity contribution in [3.63, 3.8) is 0 Å². The van der Waals surface area contributed by atoms with Crippen LogP contribution in [0.5, 0.6) is 0 Å². The first-order chi connectivity index (χ1) is 9.02. The standard InChI is InChI=1S/C12H14N2O4S/c15-12-14-10-6-8(3-4-11(10)18-12)13-9-2-1-5-19(16,17)7-9/h3-4,6,9,13H,1-2,5,7H2,(H,14,15). The molecule has 6 nitrogen and oxygen atoms in total. The number of benzene rings is 1. The van der Waals surface area contributed by atoms with Crippen molar-refractivity contribution >= 4 is 26.6 Å². The molecule has 1 atom stereocenters. The fourth-order valence-electron chi connectivity index (χ4n) is 2.41. The Bertz CT molecular complexity index is 759. The number of fused-ring (bicyclic) bond motifs is 1. The summed E-state index contributed by atoms with van der Waals surface area (Å²) in [4.78, 5) is 13.6. The third kappa shape index (κ3) is 2.65. The maximum atomic E-state index is 11.6. The Hall–Kier alpha value is -1.76. The van der Waals surface area contributed by atoms with Gasteiger partial charge < -0.3 is 9.73 Å². The molecule has 1 aromatic heterocycles. The molecule has 1 aliphatic rings. The minimum Gasteiger partial charge on any atom is -0.408 e. The highest BCUT2D eigenvalue weighted by molar-refractivity contribution is 7.91. The first kappa shape index (κ1) is 12.3. The second kappa shape index (κ2) is 4.41. The quantitative estimate of drug-likeness (QED) is 0.860. The molecule has 1 saturated heterocycles. The van der Waals surface area contributed by atoms with E-state index >= 15 is 0 Å². The molecule has 0 saturated carbocycles. The van der Waals surface area contributed by atoms with Gasteiger partial charge in [-0.25, -0.2) is 13.2 Å². The monoisotopic (exact) mass is 282 g/mol. The zero-order chi connectivity index (χ0) is 13.5. The summed E-state index contributed by atoms with van der Waals surface area (Å²) in [5, 5.41) is 3.19. The van der Waals surface area contributed by atoms with Crippen molar-refractivity contribution in [3.8, 4) is 0 Å². The summed E-state index contributed by atoms with van der Waals surface area (Å²) >= 11 is 0. The number of sulfone groups is 1. The van der Waals surface area contributed by atoms with Gasteiger partial charge in [0, 0.05) is 11.7 Å². The fourth-order valence-corrected chi connectivity index (χ4v) is 4.05. The summed E-state index contributed by atoms with van der Waals surface area (Å²) in [5.41, 5.74) is 1.88. The molecule has 1 aromatic carbocycles. The molecule has 1 aliphatic heterocycles. The molecular weight excluding hydrogens is 268 g/mol. The highest BCUT2D eigenvalue weighted by Crippen LogP contribution is 2.20. The lowest BCUT2D eigenvalue weighted by Crippen LogP contribution is -2.34. The summed E-state index contributed by atoms with van der Waals surface area (Å²) in [6.07, 6.45) is 1.52. The average Bonchev–Trinajstić information content (AvgIpc) is 2.67. The number of rotatable bonds is 2. The molecule has 1 fully saturated rings. The largest absolute Gasteiger partial charge is 0.417 e. The molecule has 0 spiro atoms. The van der Waals surface area contributed by atoms with Crippen molar-refractivity contribution in [2.75, 3.05) is 16.8 Å². The molecule has 0 aliphatic carbocycles. The van der Waals surface area contributed by atoms with Crippen molar-refractivity contribution in [1.29, 1.82) is 0 Å². The van der Waals surface area contributed by atoms with Crippen molar-refractivity contribution in [2.24, 2.45) is 0 Å². The number of hydrogen-bond acceptors (Lipinski definition) is 5. The number of aromatic nitrogens is 1. The van der Waals surface area contributed by atoms with Gasteiger partial charge in [-0.1, -0.05) is 0 Å². The minimum absolute atomic E-state index is 0.0742. The van der Waals surface area contributed by atoms with Crippen LogP contribution in [-0.2, 0) is 9.84 Å². The number of anilines is 1. The van der Waals surface area contributed by atoms with Crippen LogP contribution in [-0.4, -0.2) is 30.9 Å². The summed E-state index contributed by atoms with van der Waals surface area (Å²) in [6, 6.07) is 5.14. The third-order valence-corrected chi connectivity index (χ3v) is 5.07. The van der Waals surface area contributed by atoms with Gasteiger partial charge in [0.05, 0.1) is 17.0 Å². The van der Waals surface area contributed by atoms with Gasteiger partial charge in [-0.15, -0.1) is 0 Å². The van der Waals surface area contributed by atoms with Crippen LogP contribution in [0.3, 0.4) is 0 Å². The van der Waals surface area contributed by atoms with E-state index in [1.807, 2.05) is 0 Å². The van der Waals surface area contributed by atoms with Crippen LogP contribution in [0.4, 0.5) is 5.69 Å². The SMILES string of the molecule is O=c1[nH]c2cc(NC3CCCS(=O)(=O)C3)ccc2o1. The number of oxazole rings is 1. The average molecular weight is 282 g/mol. The lowest BCUT2D eigenvalue weighted by molar-refractivity contribution is 0.555. The van der Waals surface area contributed by atoms with Crippen LogP contribution in [0.1, 0.15) is 12.8 Å². The van der Waals surface area contributed by atoms with E-state index in [1.165, 1.54) is 0 Å². The normalized spacial score (nSPS) is 22.4. The van der Waals surface area contributed by atoms with Gasteiger partial charge in [0.2, 0.25) is 0 Å². The van der Waals surface area contributed by atoms with E-state index in [9.17, 15) is 13.2 Å². The molecule has 1 unspecified atom stereocenters. The molecule has 19 heavy (non-hydrogen) atoms. The van der Waals surface area contributed by atoms with Crippen LogP contribution in [0.25, 0.3) is 11.1 Å². The first-order valence-corrected chi connectivity index (χ1v) is 7.94. The van der Waals surface area contributed by atoms with E-state index < -0.39 is 15.6 Å². The molecule has 0 radical (unpaired) electrons. The summed E-state index contributed by atoms with van der Waals surface area (Å²) in [6.45, 7) is 0. The molecule has 7 heteroatoms. The number of aromatic amines is 1. The van der Waals surface area contributed by atoms with Gasteiger partial charge in [-0.05, 0) is 31.0 Å². The van der Waals surface area contributed by atoms with Gasteiger partial charge in [-0.3, -0.25) is 4.98 Å². The molecule has 3 rings (SSSR count). The van der Waals surface area contributed by atoms with E-state index in [0.717, 1.165) is 12.1 Å². The number of nitrogens with one attached hydrogen (secondary N) is 2. The van der Waals surface area contributed by atoms with Gasteiger partial charge in [0.15, 0.2) is 15.4 Å². The maximum absolute atomic E-state index is 11.6. The molecule has 0 amide bonds. The lowest BCUT2D eigenvalue weighted by atomic mass is 10.1. The Morgan fingerprint density at radius 2 is 2.21 bits per heavy atom.